The Morgan fingerprint density at radius 1 is 1.35 bits per heavy atom. The van der Waals surface area contributed by atoms with Gasteiger partial charge in [0.25, 0.3) is 0 Å². The molecule has 1 N–H and O–H groups in total. The van der Waals surface area contributed by atoms with Gasteiger partial charge in [-0.15, -0.1) is 0 Å². The molecule has 106 valence electrons. The number of benzene rings is 1. The van der Waals surface area contributed by atoms with E-state index in [4.69, 9.17) is 0 Å². The first kappa shape index (κ1) is 14.3. The number of thiophene rings is 1. The molecule has 1 heterocycles. The molecule has 0 atom stereocenters. The molecule has 0 aliphatic carbocycles. The van der Waals surface area contributed by atoms with E-state index in [0.29, 0.717) is 6.54 Å². The molecular weight excluding hydrogens is 274 g/mol. The lowest BCUT2D eigenvalue weighted by atomic mass is 10.1. The molecule has 0 fully saturated rings. The second-order valence-electron chi connectivity index (χ2n) is 4.80. The minimum absolute atomic E-state index is 0.182. The van der Waals surface area contributed by atoms with Crippen LogP contribution in [0.1, 0.15) is 11.1 Å². The summed E-state index contributed by atoms with van der Waals surface area (Å²) in [6, 6.07) is 7.80. The fraction of sp³-hybridized carbons (Fsp3) is 0.286. The van der Waals surface area contributed by atoms with Gasteiger partial charge in [-0.3, -0.25) is 10.1 Å². The highest BCUT2D eigenvalue weighted by Gasteiger charge is 2.09. The summed E-state index contributed by atoms with van der Waals surface area (Å²) >= 11 is 1.16. The summed E-state index contributed by atoms with van der Waals surface area (Å²) in [5.41, 5.74) is 4.28. The van der Waals surface area contributed by atoms with E-state index in [0.717, 1.165) is 33.8 Å². The van der Waals surface area contributed by atoms with Crippen LogP contribution in [0.4, 0.5) is 16.4 Å². The van der Waals surface area contributed by atoms with Crippen molar-refractivity contribution in [2.75, 3.05) is 24.3 Å². The second kappa shape index (κ2) is 5.92. The maximum absolute atomic E-state index is 10.6. The minimum atomic E-state index is -0.356. The summed E-state index contributed by atoms with van der Waals surface area (Å²) in [5.74, 6) is 0. The lowest BCUT2D eigenvalue weighted by Crippen LogP contribution is -2.09. The van der Waals surface area contributed by atoms with Crippen LogP contribution in [-0.2, 0) is 6.54 Å². The Labute approximate surface area is 122 Å². The quantitative estimate of drug-likeness (QED) is 0.675. The molecule has 6 heteroatoms. The highest BCUT2D eigenvalue weighted by molar-refractivity contribution is 7.13. The molecule has 5 nitrogen and oxygen atoms in total. The van der Waals surface area contributed by atoms with Crippen molar-refractivity contribution < 1.29 is 4.92 Å². The third-order valence-corrected chi connectivity index (χ3v) is 3.96. The van der Waals surface area contributed by atoms with Crippen LogP contribution in [-0.4, -0.2) is 19.0 Å². The molecule has 0 unspecified atom stereocenters. The van der Waals surface area contributed by atoms with Gasteiger partial charge in [0.05, 0.1) is 4.92 Å². The Morgan fingerprint density at radius 2 is 2.10 bits per heavy atom. The zero-order valence-corrected chi connectivity index (χ0v) is 12.5. The van der Waals surface area contributed by atoms with Crippen LogP contribution in [0, 0.1) is 17.0 Å². The van der Waals surface area contributed by atoms with E-state index in [1.54, 1.807) is 6.07 Å². The molecule has 1 aromatic carbocycles. The Bertz CT molecular complexity index is 623. The van der Waals surface area contributed by atoms with Gasteiger partial charge >= 0.3 is 5.00 Å². The van der Waals surface area contributed by atoms with Crippen LogP contribution < -0.4 is 10.2 Å². The molecule has 0 radical (unpaired) electrons. The first-order chi connectivity index (χ1) is 9.47. The summed E-state index contributed by atoms with van der Waals surface area (Å²) in [6.07, 6.45) is 0. The normalized spacial score (nSPS) is 10.3. The third-order valence-electron chi connectivity index (χ3n) is 3.03. The monoisotopic (exact) mass is 291 g/mol. The first-order valence-electron chi connectivity index (χ1n) is 6.21. The van der Waals surface area contributed by atoms with Gasteiger partial charge in [0.2, 0.25) is 0 Å². The maximum atomic E-state index is 10.6. The smallest absolute Gasteiger partial charge is 0.324 e. The number of hydrogen-bond donors (Lipinski definition) is 1. The van der Waals surface area contributed by atoms with Gasteiger partial charge in [0, 0.05) is 43.5 Å². The Balaban J connectivity index is 2.05. The molecule has 1 aromatic heterocycles. The van der Waals surface area contributed by atoms with E-state index >= 15 is 0 Å². The largest absolute Gasteiger partial charge is 0.381 e. The number of nitrogens with zero attached hydrogens (tertiary/aromatic N) is 2. The Morgan fingerprint density at radius 3 is 2.65 bits per heavy atom. The fourth-order valence-corrected chi connectivity index (χ4v) is 2.60. The fourth-order valence-electron chi connectivity index (χ4n) is 1.87. The predicted octanol–water partition coefficient (Wildman–Crippen LogP) is 3.64. The highest BCUT2D eigenvalue weighted by Crippen LogP contribution is 2.25. The van der Waals surface area contributed by atoms with E-state index in [1.807, 2.05) is 38.5 Å². The average molecular weight is 291 g/mol. The average Bonchev–Trinajstić information content (AvgIpc) is 2.86. The van der Waals surface area contributed by atoms with Crippen molar-refractivity contribution in [2.24, 2.45) is 0 Å². The molecule has 2 aromatic rings. The van der Waals surface area contributed by atoms with Gasteiger partial charge in [-0.25, -0.2) is 0 Å². The van der Waals surface area contributed by atoms with Crippen LogP contribution in [0.5, 0.6) is 0 Å². The van der Waals surface area contributed by atoms with Crippen LogP contribution in [0.25, 0.3) is 0 Å². The summed E-state index contributed by atoms with van der Waals surface area (Å²) in [4.78, 5) is 12.3. The third kappa shape index (κ3) is 3.27. The molecule has 20 heavy (non-hydrogen) atoms. The maximum Gasteiger partial charge on any atom is 0.324 e. The molecule has 0 saturated heterocycles. The molecule has 0 aliphatic heterocycles. The Hall–Kier alpha value is -2.08. The van der Waals surface area contributed by atoms with E-state index in [-0.39, 0.29) is 9.92 Å². The Kier molecular flexibility index (Phi) is 4.24. The second-order valence-corrected chi connectivity index (χ2v) is 5.69. The molecular formula is C14H17N3O2S. The van der Waals surface area contributed by atoms with Crippen LogP contribution in [0.15, 0.2) is 29.6 Å². The first-order valence-corrected chi connectivity index (χ1v) is 7.09. The standard InChI is InChI=1S/C14H17N3O2S/c1-10-6-12(16(2)3)4-5-13(10)15-8-11-7-14(17(18)19)20-9-11/h4-7,9,15H,8H2,1-3H3. The minimum Gasteiger partial charge on any atom is -0.381 e. The van der Waals surface area contributed by atoms with E-state index in [2.05, 4.69) is 16.3 Å². The van der Waals surface area contributed by atoms with Crippen LogP contribution >= 0.6 is 11.3 Å². The molecule has 0 bridgehead atoms. The van der Waals surface area contributed by atoms with Gasteiger partial charge in [-0.2, -0.15) is 0 Å². The van der Waals surface area contributed by atoms with Crippen molar-refractivity contribution in [3.05, 3.63) is 50.9 Å². The number of aryl methyl sites for hydroxylation is 1. The zero-order valence-electron chi connectivity index (χ0n) is 11.7. The highest BCUT2D eigenvalue weighted by atomic mass is 32.1. The molecule has 0 saturated carbocycles. The lowest BCUT2D eigenvalue weighted by Gasteiger charge is -2.15. The van der Waals surface area contributed by atoms with Crippen molar-refractivity contribution in [3.63, 3.8) is 0 Å². The topological polar surface area (TPSA) is 58.4 Å². The van der Waals surface area contributed by atoms with Gasteiger partial charge in [0.1, 0.15) is 0 Å². The molecule has 0 spiro atoms. The molecule has 0 aliphatic rings. The van der Waals surface area contributed by atoms with Crippen molar-refractivity contribution in [3.8, 4) is 0 Å². The van der Waals surface area contributed by atoms with Crippen LogP contribution in [0.2, 0.25) is 0 Å². The van der Waals surface area contributed by atoms with Gasteiger partial charge < -0.3 is 10.2 Å². The summed E-state index contributed by atoms with van der Waals surface area (Å²) < 4.78 is 0. The van der Waals surface area contributed by atoms with Crippen molar-refractivity contribution in [1.82, 2.24) is 0 Å². The summed E-state index contributed by atoms with van der Waals surface area (Å²) in [6.45, 7) is 2.64. The van der Waals surface area contributed by atoms with E-state index in [9.17, 15) is 10.1 Å². The summed E-state index contributed by atoms with van der Waals surface area (Å²) in [5, 5.41) is 15.9. The zero-order chi connectivity index (χ0) is 14.7. The predicted molar refractivity (Wildman–Crippen MR) is 83.8 cm³/mol. The van der Waals surface area contributed by atoms with Gasteiger partial charge in [-0.05, 0) is 36.2 Å². The number of anilines is 2. The van der Waals surface area contributed by atoms with Crippen molar-refractivity contribution in [2.45, 2.75) is 13.5 Å². The number of nitrogens with one attached hydrogen (secondary N) is 1. The number of hydrogen-bond acceptors (Lipinski definition) is 5. The van der Waals surface area contributed by atoms with E-state index in [1.165, 1.54) is 0 Å². The lowest BCUT2D eigenvalue weighted by molar-refractivity contribution is -0.380. The number of rotatable bonds is 5. The molecule has 2 rings (SSSR count). The van der Waals surface area contributed by atoms with Gasteiger partial charge in [0.15, 0.2) is 0 Å². The molecule has 0 amide bonds. The SMILES string of the molecule is Cc1cc(N(C)C)ccc1NCc1csc([N+](=O)[O-])c1. The van der Waals surface area contributed by atoms with Crippen molar-refractivity contribution in [1.29, 1.82) is 0 Å². The summed E-state index contributed by atoms with van der Waals surface area (Å²) in [7, 11) is 4.01. The number of nitro groups is 1. The van der Waals surface area contributed by atoms with Crippen molar-refractivity contribution >= 4 is 27.7 Å². The van der Waals surface area contributed by atoms with E-state index < -0.39 is 0 Å². The van der Waals surface area contributed by atoms with Crippen LogP contribution in [0.3, 0.4) is 0 Å². The van der Waals surface area contributed by atoms with Gasteiger partial charge in [-0.1, -0.05) is 11.3 Å².